The Labute approximate surface area is 273 Å². The van der Waals surface area contributed by atoms with Gasteiger partial charge in [-0.1, -0.05) is 50.2 Å². The number of rotatable bonds is 7. The van der Waals surface area contributed by atoms with Crippen LogP contribution in [0.1, 0.15) is 61.4 Å². The smallest absolute Gasteiger partial charge is 0.406 e. The Bertz CT molecular complexity index is 2020. The molecule has 47 heavy (non-hydrogen) atoms. The van der Waals surface area contributed by atoms with Gasteiger partial charge in [0.1, 0.15) is 12.1 Å². The van der Waals surface area contributed by atoms with E-state index in [4.69, 9.17) is 0 Å². The molecule has 0 bridgehead atoms. The standard InChI is InChI=1S/C35H33F3N6O2S/c1-21(2)31-22(3)7-5-10-30(31)44-23(4)19-47-34(44)41-33(45)40-29-9-6-8-28(29)24-11-13-25(14-12-24)32-39-20-43(42-32)26-15-17-27(18-16-26)46-35(36,37)38/h5,7,10-21H,6,8-9H2,1-4H3,(H,40,45). The number of halogens is 3. The van der Waals surface area contributed by atoms with Gasteiger partial charge < -0.3 is 10.1 Å². The third-order valence-corrected chi connectivity index (χ3v) is 8.93. The van der Waals surface area contributed by atoms with E-state index in [2.05, 4.69) is 62.6 Å². The molecule has 0 fully saturated rings. The van der Waals surface area contributed by atoms with Crippen molar-refractivity contribution in [2.24, 2.45) is 4.99 Å². The summed E-state index contributed by atoms with van der Waals surface area (Å²) >= 11 is 1.44. The lowest BCUT2D eigenvalue weighted by Gasteiger charge is -2.17. The molecule has 2 aromatic heterocycles. The van der Waals surface area contributed by atoms with Crippen molar-refractivity contribution in [3.63, 3.8) is 0 Å². The van der Waals surface area contributed by atoms with Crippen LogP contribution in [0.3, 0.4) is 0 Å². The predicted molar refractivity (Wildman–Crippen MR) is 176 cm³/mol. The van der Waals surface area contributed by atoms with Gasteiger partial charge in [0.15, 0.2) is 10.6 Å². The summed E-state index contributed by atoms with van der Waals surface area (Å²) in [6.45, 7) is 8.47. The van der Waals surface area contributed by atoms with Crippen LogP contribution in [0.2, 0.25) is 0 Å². The SMILES string of the molecule is Cc1cccc(-n2c(C)csc2=NC(=O)NC2=C(c3ccc(-c4ncn(-c5ccc(OC(F)(F)F)cc5)n4)cc3)CCC2)c1C(C)C. The fourth-order valence-corrected chi connectivity index (χ4v) is 6.82. The number of allylic oxidation sites excluding steroid dienone is 2. The van der Waals surface area contributed by atoms with E-state index in [1.165, 1.54) is 57.7 Å². The highest BCUT2D eigenvalue weighted by molar-refractivity contribution is 7.07. The second-order valence-electron chi connectivity index (χ2n) is 11.6. The van der Waals surface area contributed by atoms with Gasteiger partial charge in [0, 0.05) is 22.3 Å². The van der Waals surface area contributed by atoms with Gasteiger partial charge in [-0.25, -0.2) is 14.5 Å². The van der Waals surface area contributed by atoms with Gasteiger partial charge in [-0.15, -0.1) is 29.6 Å². The van der Waals surface area contributed by atoms with Crippen LogP contribution in [0.25, 0.3) is 28.3 Å². The molecule has 2 heterocycles. The van der Waals surface area contributed by atoms with E-state index in [1.54, 1.807) is 0 Å². The van der Waals surface area contributed by atoms with E-state index in [1.807, 2.05) is 42.6 Å². The van der Waals surface area contributed by atoms with Crippen molar-refractivity contribution < 1.29 is 22.7 Å². The summed E-state index contributed by atoms with van der Waals surface area (Å²) in [7, 11) is 0. The molecule has 5 aromatic rings. The number of nitrogens with one attached hydrogen (secondary N) is 1. The average molecular weight is 659 g/mol. The van der Waals surface area contributed by atoms with Crippen molar-refractivity contribution in [1.29, 1.82) is 0 Å². The first-order valence-electron chi connectivity index (χ1n) is 15.2. The van der Waals surface area contributed by atoms with Crippen LogP contribution in [0.15, 0.2) is 89.1 Å². The number of aryl methyl sites for hydroxylation is 2. The molecular weight excluding hydrogens is 625 g/mol. The molecule has 242 valence electrons. The lowest BCUT2D eigenvalue weighted by molar-refractivity contribution is -0.274. The molecule has 0 atom stereocenters. The third kappa shape index (κ3) is 7.07. The Balaban J connectivity index is 1.20. The number of amides is 2. The number of nitrogens with zero attached hydrogens (tertiary/aromatic N) is 5. The van der Waals surface area contributed by atoms with E-state index in [9.17, 15) is 18.0 Å². The van der Waals surface area contributed by atoms with Crippen LogP contribution >= 0.6 is 11.3 Å². The molecule has 0 saturated heterocycles. The van der Waals surface area contributed by atoms with Crippen molar-refractivity contribution in [2.45, 2.75) is 59.2 Å². The van der Waals surface area contributed by atoms with Gasteiger partial charge >= 0.3 is 12.4 Å². The van der Waals surface area contributed by atoms with Gasteiger partial charge in [0.2, 0.25) is 0 Å². The number of thiazole rings is 1. The molecule has 6 rings (SSSR count). The molecule has 12 heteroatoms. The Hall–Kier alpha value is -4.97. The van der Waals surface area contributed by atoms with Crippen molar-refractivity contribution in [3.05, 3.63) is 111 Å². The number of urea groups is 1. The minimum atomic E-state index is -4.75. The first-order chi connectivity index (χ1) is 22.5. The number of carbonyl (C=O) groups is 1. The van der Waals surface area contributed by atoms with Gasteiger partial charge in [-0.2, -0.15) is 4.99 Å². The van der Waals surface area contributed by atoms with Crippen LogP contribution in [-0.4, -0.2) is 31.7 Å². The Morgan fingerprint density at radius 1 is 1.00 bits per heavy atom. The largest absolute Gasteiger partial charge is 0.573 e. The molecule has 0 unspecified atom stereocenters. The zero-order valence-electron chi connectivity index (χ0n) is 26.3. The number of hydrogen-bond donors (Lipinski definition) is 1. The lowest BCUT2D eigenvalue weighted by Crippen LogP contribution is -2.24. The first kappa shape index (κ1) is 32.0. The van der Waals surface area contributed by atoms with E-state index >= 15 is 0 Å². The molecule has 3 aromatic carbocycles. The zero-order chi connectivity index (χ0) is 33.3. The summed E-state index contributed by atoms with van der Waals surface area (Å²) in [6, 6.07) is 19.0. The number of benzene rings is 3. The minimum absolute atomic E-state index is 0.310. The minimum Gasteiger partial charge on any atom is -0.406 e. The van der Waals surface area contributed by atoms with Gasteiger partial charge in [0.25, 0.3) is 0 Å². The highest BCUT2D eigenvalue weighted by atomic mass is 32.1. The first-order valence-corrected chi connectivity index (χ1v) is 16.1. The molecule has 1 aliphatic carbocycles. The molecule has 0 radical (unpaired) electrons. The van der Waals surface area contributed by atoms with Crippen molar-refractivity contribution in [3.8, 4) is 28.5 Å². The second kappa shape index (κ2) is 13.0. The number of aromatic nitrogens is 4. The molecular formula is C35H33F3N6O2S. The Kier molecular flexibility index (Phi) is 8.87. The van der Waals surface area contributed by atoms with Crippen LogP contribution in [0.5, 0.6) is 5.75 Å². The summed E-state index contributed by atoms with van der Waals surface area (Å²) < 4.78 is 44.9. The molecule has 1 N–H and O–H groups in total. The van der Waals surface area contributed by atoms with E-state index < -0.39 is 12.4 Å². The van der Waals surface area contributed by atoms with E-state index in [-0.39, 0.29) is 5.75 Å². The third-order valence-electron chi connectivity index (χ3n) is 7.99. The predicted octanol–water partition coefficient (Wildman–Crippen LogP) is 8.63. The van der Waals surface area contributed by atoms with Crippen molar-refractivity contribution in [1.82, 2.24) is 24.6 Å². The summed E-state index contributed by atoms with van der Waals surface area (Å²) in [5.74, 6) is 0.468. The highest BCUT2D eigenvalue weighted by Crippen LogP contribution is 2.33. The van der Waals surface area contributed by atoms with Gasteiger partial charge in [-0.3, -0.25) is 4.57 Å². The summed E-state index contributed by atoms with van der Waals surface area (Å²) in [6.07, 6.45) is -0.757. The second-order valence-corrected chi connectivity index (χ2v) is 12.5. The molecule has 0 aliphatic heterocycles. The van der Waals surface area contributed by atoms with Gasteiger partial charge in [0.05, 0.1) is 11.4 Å². The van der Waals surface area contributed by atoms with Crippen molar-refractivity contribution >= 4 is 22.9 Å². The maximum Gasteiger partial charge on any atom is 0.573 e. The maximum absolute atomic E-state index is 13.3. The van der Waals surface area contributed by atoms with Crippen LogP contribution in [0, 0.1) is 13.8 Å². The topological polar surface area (TPSA) is 86.3 Å². The summed E-state index contributed by atoms with van der Waals surface area (Å²) in [5, 5.41) is 9.57. The lowest BCUT2D eigenvalue weighted by atomic mass is 9.96. The van der Waals surface area contributed by atoms with Crippen LogP contribution < -0.4 is 14.9 Å². The van der Waals surface area contributed by atoms with Crippen molar-refractivity contribution in [2.75, 3.05) is 0 Å². The number of alkyl halides is 3. The molecule has 0 spiro atoms. The fourth-order valence-electron chi connectivity index (χ4n) is 5.96. The monoisotopic (exact) mass is 658 g/mol. The van der Waals surface area contributed by atoms with E-state index in [0.29, 0.717) is 22.2 Å². The molecule has 8 nitrogen and oxygen atoms in total. The maximum atomic E-state index is 13.3. The zero-order valence-corrected chi connectivity index (χ0v) is 27.1. The van der Waals surface area contributed by atoms with E-state index in [0.717, 1.165) is 53.0 Å². The summed E-state index contributed by atoms with van der Waals surface area (Å²) in [5.41, 5.74) is 8.73. The highest BCUT2D eigenvalue weighted by Gasteiger charge is 2.31. The number of carbonyl (C=O) groups excluding carboxylic acids is 1. The van der Waals surface area contributed by atoms with Crippen LogP contribution in [0.4, 0.5) is 18.0 Å². The quantitative estimate of drug-likeness (QED) is 0.190. The fraction of sp³-hybridized carbons (Fsp3) is 0.257. The summed E-state index contributed by atoms with van der Waals surface area (Å²) in [4.78, 5) is 22.8. The Morgan fingerprint density at radius 3 is 2.43 bits per heavy atom. The van der Waals surface area contributed by atoms with Crippen LogP contribution in [-0.2, 0) is 0 Å². The number of hydrogen-bond acceptors (Lipinski definition) is 5. The molecule has 0 saturated carbocycles. The van der Waals surface area contributed by atoms with Gasteiger partial charge in [-0.05, 0) is 91.6 Å². The number of ether oxygens (including phenoxy) is 1. The normalized spacial score (nSPS) is 13.9. The average Bonchev–Trinajstić information content (AvgIpc) is 3.77. The molecule has 2 amide bonds. The molecule has 1 aliphatic rings. The Morgan fingerprint density at radius 2 is 1.72 bits per heavy atom.